The fourth-order valence-corrected chi connectivity index (χ4v) is 1.36. The Morgan fingerprint density at radius 2 is 1.50 bits per heavy atom. The minimum absolute atomic E-state index is 0.474. The number of rotatable bonds is 1. The van der Waals surface area contributed by atoms with Crippen molar-refractivity contribution in [2.24, 2.45) is 5.11 Å². The van der Waals surface area contributed by atoms with E-state index in [-0.39, 0.29) is 0 Å². The topological polar surface area (TPSA) is 82.9 Å². The molecule has 0 unspecified atom stereocenters. The average molecular weight is 252 g/mol. The molecule has 0 spiro atoms. The molecule has 0 aromatic heterocycles. The summed E-state index contributed by atoms with van der Waals surface area (Å²) in [5.41, 5.74) is 7.57. The van der Waals surface area contributed by atoms with Crippen LogP contribution < -0.4 is 0 Å². The summed E-state index contributed by atoms with van der Waals surface area (Å²) in [6.45, 7) is 0. The van der Waals surface area contributed by atoms with E-state index in [1.165, 1.54) is 0 Å². The molecule has 0 bridgehead atoms. The number of ketones is 2. The van der Waals surface area contributed by atoms with Crippen LogP contribution in [0.5, 0.6) is 0 Å². The minimum Gasteiger partial charge on any atom is -0.288 e. The lowest BCUT2D eigenvalue weighted by molar-refractivity contribution is -0.115. The third kappa shape index (κ3) is 1.63. The van der Waals surface area contributed by atoms with Gasteiger partial charge in [-0.05, 0) is 5.53 Å². The van der Waals surface area contributed by atoms with Crippen molar-refractivity contribution in [3.63, 3.8) is 0 Å². The molecule has 0 saturated carbocycles. The molecular formula is C6Cl3N3O2. The summed E-state index contributed by atoms with van der Waals surface area (Å²) >= 11 is 16.2. The maximum absolute atomic E-state index is 11.2. The van der Waals surface area contributed by atoms with Gasteiger partial charge in [0.25, 0.3) is 0 Å². The zero-order valence-electron chi connectivity index (χ0n) is 6.29. The number of carbonyl (C=O) groups excluding carboxylic acids is 2. The molecule has 72 valence electrons. The summed E-state index contributed by atoms with van der Waals surface area (Å²) in [4.78, 5) is 24.8. The molecule has 0 aliphatic heterocycles. The fourth-order valence-electron chi connectivity index (χ4n) is 0.741. The molecule has 0 amide bonds. The van der Waals surface area contributed by atoms with Crippen LogP contribution in [0, 0.1) is 0 Å². The van der Waals surface area contributed by atoms with Gasteiger partial charge in [-0.2, -0.15) is 0 Å². The molecule has 0 fully saturated rings. The molecule has 5 nitrogen and oxygen atoms in total. The van der Waals surface area contributed by atoms with E-state index in [0.717, 1.165) is 0 Å². The number of azide groups is 1. The maximum atomic E-state index is 11.2. The molecule has 8 heteroatoms. The molecule has 1 aliphatic rings. The summed E-state index contributed by atoms with van der Waals surface area (Å²) in [6.07, 6.45) is 0. The summed E-state index contributed by atoms with van der Waals surface area (Å²) in [5, 5.41) is 1.47. The van der Waals surface area contributed by atoms with Gasteiger partial charge in [0.05, 0.1) is 0 Å². The largest absolute Gasteiger partial charge is 0.288 e. The smallest absolute Gasteiger partial charge is 0.217 e. The van der Waals surface area contributed by atoms with Gasteiger partial charge in [0.15, 0.2) is 0 Å². The third-order valence-electron chi connectivity index (χ3n) is 1.36. The first kappa shape index (κ1) is 11.1. The Morgan fingerprint density at radius 1 is 1.00 bits per heavy atom. The molecule has 1 aliphatic carbocycles. The van der Waals surface area contributed by atoms with Gasteiger partial charge in [0.2, 0.25) is 11.6 Å². The Balaban J connectivity index is 3.40. The number of hydrogen-bond donors (Lipinski definition) is 0. The molecule has 0 radical (unpaired) electrons. The van der Waals surface area contributed by atoms with Crippen LogP contribution in [0.25, 0.3) is 10.4 Å². The Labute approximate surface area is 92.5 Å². The Morgan fingerprint density at radius 3 is 2.00 bits per heavy atom. The lowest BCUT2D eigenvalue weighted by Gasteiger charge is -2.09. The lowest BCUT2D eigenvalue weighted by atomic mass is 10.1. The Bertz CT molecular complexity index is 445. The normalized spacial score (nSPS) is 17.4. The summed E-state index contributed by atoms with van der Waals surface area (Å²) in [5.74, 6) is -1.69. The van der Waals surface area contributed by atoms with E-state index in [1.54, 1.807) is 0 Å². The van der Waals surface area contributed by atoms with Crippen molar-refractivity contribution in [2.45, 2.75) is 0 Å². The second-order valence-electron chi connectivity index (χ2n) is 2.14. The lowest BCUT2D eigenvalue weighted by Crippen LogP contribution is -2.16. The molecule has 0 aromatic carbocycles. The van der Waals surface area contributed by atoms with Crippen LogP contribution in [0.2, 0.25) is 0 Å². The van der Waals surface area contributed by atoms with Crippen LogP contribution in [-0.2, 0) is 9.59 Å². The highest BCUT2D eigenvalue weighted by Crippen LogP contribution is 2.31. The highest BCUT2D eigenvalue weighted by atomic mass is 35.5. The van der Waals surface area contributed by atoms with Crippen molar-refractivity contribution in [3.8, 4) is 0 Å². The second-order valence-corrected chi connectivity index (χ2v) is 3.27. The van der Waals surface area contributed by atoms with Crippen molar-refractivity contribution in [1.29, 1.82) is 0 Å². The highest BCUT2D eigenvalue weighted by Gasteiger charge is 2.31. The predicted octanol–water partition coefficient (Wildman–Crippen LogP) is 2.59. The molecule has 0 N–H and O–H groups in total. The zero-order valence-corrected chi connectivity index (χ0v) is 8.56. The van der Waals surface area contributed by atoms with E-state index in [1.807, 2.05) is 0 Å². The van der Waals surface area contributed by atoms with Crippen LogP contribution in [0.4, 0.5) is 0 Å². The van der Waals surface area contributed by atoms with Crippen molar-refractivity contribution >= 4 is 46.4 Å². The molecule has 0 aromatic rings. The fraction of sp³-hybridized carbons (Fsp3) is 0. The number of nitrogens with zero attached hydrogens (tertiary/aromatic N) is 3. The first-order valence-corrected chi connectivity index (χ1v) is 4.23. The van der Waals surface area contributed by atoms with E-state index in [9.17, 15) is 9.59 Å². The molecule has 1 rings (SSSR count). The van der Waals surface area contributed by atoms with Gasteiger partial charge >= 0.3 is 0 Å². The van der Waals surface area contributed by atoms with E-state index in [4.69, 9.17) is 40.3 Å². The number of hydrogen-bond acceptors (Lipinski definition) is 3. The minimum atomic E-state index is -0.862. The zero-order chi connectivity index (χ0) is 10.9. The monoisotopic (exact) mass is 251 g/mol. The van der Waals surface area contributed by atoms with Crippen LogP contribution >= 0.6 is 34.8 Å². The summed E-state index contributed by atoms with van der Waals surface area (Å²) in [6, 6.07) is 0. The van der Waals surface area contributed by atoms with E-state index in [0.29, 0.717) is 0 Å². The predicted molar refractivity (Wildman–Crippen MR) is 50.8 cm³/mol. The highest BCUT2D eigenvalue weighted by molar-refractivity contribution is 6.64. The Kier molecular flexibility index (Phi) is 3.18. The second kappa shape index (κ2) is 4.02. The standard InChI is InChI=1S/C6Cl3N3O2/c7-1-2(8)6(14)4(11-12-10)3(9)5(1)13. The van der Waals surface area contributed by atoms with E-state index in [2.05, 4.69) is 10.0 Å². The van der Waals surface area contributed by atoms with Gasteiger partial charge in [0, 0.05) is 4.91 Å². The number of Topliss-reactive ketones (excluding diaryl/α,β-unsaturated/α-hetero) is 2. The number of carbonyl (C=O) groups is 2. The van der Waals surface area contributed by atoms with Gasteiger partial charge in [-0.1, -0.05) is 39.9 Å². The van der Waals surface area contributed by atoms with Crippen LogP contribution in [-0.4, -0.2) is 11.6 Å². The first-order valence-electron chi connectivity index (χ1n) is 3.10. The first-order chi connectivity index (χ1) is 6.50. The van der Waals surface area contributed by atoms with Crippen molar-refractivity contribution in [1.82, 2.24) is 0 Å². The quantitative estimate of drug-likeness (QED) is 0.311. The van der Waals surface area contributed by atoms with Gasteiger partial charge < -0.3 is 0 Å². The maximum Gasteiger partial charge on any atom is 0.217 e. The summed E-state index contributed by atoms with van der Waals surface area (Å²) < 4.78 is 0. The molecule has 0 heterocycles. The third-order valence-corrected chi connectivity index (χ3v) is 2.53. The molecule has 14 heavy (non-hydrogen) atoms. The van der Waals surface area contributed by atoms with Crippen molar-refractivity contribution in [2.75, 3.05) is 0 Å². The molecule has 0 saturated heterocycles. The van der Waals surface area contributed by atoms with Gasteiger partial charge in [0.1, 0.15) is 20.8 Å². The van der Waals surface area contributed by atoms with E-state index < -0.39 is 32.4 Å². The molecule has 0 atom stereocenters. The van der Waals surface area contributed by atoms with Crippen LogP contribution in [0.1, 0.15) is 0 Å². The number of allylic oxidation sites excluding steroid dienone is 3. The van der Waals surface area contributed by atoms with Crippen molar-refractivity contribution < 1.29 is 9.59 Å². The van der Waals surface area contributed by atoms with Crippen LogP contribution in [0.3, 0.4) is 0 Å². The average Bonchev–Trinajstić information content (AvgIpc) is 2.19. The Hall–Kier alpha value is -1.00. The van der Waals surface area contributed by atoms with Crippen LogP contribution in [0.15, 0.2) is 25.9 Å². The van der Waals surface area contributed by atoms with Gasteiger partial charge in [-0.15, -0.1) is 0 Å². The van der Waals surface area contributed by atoms with E-state index >= 15 is 0 Å². The number of halogens is 3. The molecular weight excluding hydrogens is 252 g/mol. The summed E-state index contributed by atoms with van der Waals surface area (Å²) in [7, 11) is 0. The SMILES string of the molecule is [N-]=[N+]=NC1=C(Cl)C(=O)C(Cl)=C(Cl)C1=O. The van der Waals surface area contributed by atoms with Gasteiger partial charge in [-0.3, -0.25) is 9.59 Å². The van der Waals surface area contributed by atoms with Gasteiger partial charge in [-0.25, -0.2) is 0 Å². The van der Waals surface area contributed by atoms with Crippen molar-refractivity contribution in [3.05, 3.63) is 31.2 Å².